The minimum Gasteiger partial charge on any atom is -0.444 e. The third-order valence-electron chi connectivity index (χ3n) is 2.32. The van der Waals surface area contributed by atoms with Gasteiger partial charge in [-0.2, -0.15) is 10.6 Å². The zero-order valence-electron chi connectivity index (χ0n) is 6.62. The van der Waals surface area contributed by atoms with Crippen LogP contribution in [-0.4, -0.2) is 5.25 Å². The fourth-order valence-corrected chi connectivity index (χ4v) is 2.33. The number of benzene rings is 1. The second-order valence-electron chi connectivity index (χ2n) is 3.10. The summed E-state index contributed by atoms with van der Waals surface area (Å²) in [6.45, 7) is 0. The van der Waals surface area contributed by atoms with Gasteiger partial charge in [0.25, 0.3) is 0 Å². The lowest BCUT2D eigenvalue weighted by molar-refractivity contribution is 0.591. The van der Waals surface area contributed by atoms with E-state index in [4.69, 9.17) is 4.78 Å². The van der Waals surface area contributed by atoms with Crippen molar-refractivity contribution in [3.8, 4) is 0 Å². The molecule has 0 aliphatic heterocycles. The summed E-state index contributed by atoms with van der Waals surface area (Å²) in [4.78, 5) is 0. The summed E-state index contributed by atoms with van der Waals surface area (Å²) in [5, 5.41) is 0.0300. The second-order valence-corrected chi connectivity index (χ2v) is 4.36. The number of nitrogens with one attached hydrogen (secondary N) is 1. The van der Waals surface area contributed by atoms with E-state index in [0.717, 1.165) is 12.8 Å². The molecule has 1 N–H and O–H groups in total. The monoisotopic (exact) mass is 180 g/mol. The van der Waals surface area contributed by atoms with Crippen LogP contribution < -0.4 is 0 Å². The van der Waals surface area contributed by atoms with Crippen molar-refractivity contribution in [1.82, 2.24) is 0 Å². The van der Waals surface area contributed by atoms with E-state index in [-0.39, 0.29) is 5.25 Å². The van der Waals surface area contributed by atoms with Crippen LogP contribution in [0.2, 0.25) is 0 Å². The normalized spacial score (nSPS) is 16.8. The van der Waals surface area contributed by atoms with Crippen molar-refractivity contribution < 1.29 is 4.21 Å². The van der Waals surface area contributed by atoms with Gasteiger partial charge >= 0.3 is 0 Å². The van der Waals surface area contributed by atoms with Crippen LogP contribution in [0, 0.1) is 4.78 Å². The van der Waals surface area contributed by atoms with Crippen LogP contribution in [0.3, 0.4) is 0 Å². The number of rotatable bonds is 1. The predicted molar refractivity (Wildman–Crippen MR) is 48.4 cm³/mol. The minimum atomic E-state index is -1.42. The molecule has 3 heteroatoms. The van der Waals surface area contributed by atoms with Crippen LogP contribution in [0.4, 0.5) is 0 Å². The van der Waals surface area contributed by atoms with Crippen molar-refractivity contribution in [2.45, 2.75) is 18.1 Å². The molecule has 0 aromatic heterocycles. The SMILES string of the molecule is N=[S-](=O)C1Cc2ccccc2C1. The molecular formula is C9H10NOS-. The van der Waals surface area contributed by atoms with Gasteiger partial charge in [-0.25, -0.2) is 0 Å². The third kappa shape index (κ3) is 1.25. The largest absolute Gasteiger partial charge is 0.444 e. The molecule has 0 unspecified atom stereocenters. The molecule has 1 aromatic rings. The van der Waals surface area contributed by atoms with Crippen LogP contribution >= 0.6 is 0 Å². The Morgan fingerprint density at radius 2 is 1.75 bits per heavy atom. The van der Waals surface area contributed by atoms with Gasteiger partial charge in [-0.05, 0) is 24.0 Å². The smallest absolute Gasteiger partial charge is 0.0398 e. The lowest BCUT2D eigenvalue weighted by Crippen LogP contribution is -2.06. The molecular weight excluding hydrogens is 170 g/mol. The first kappa shape index (κ1) is 7.80. The van der Waals surface area contributed by atoms with Crippen molar-refractivity contribution in [1.29, 1.82) is 4.78 Å². The quantitative estimate of drug-likeness (QED) is 0.659. The molecule has 0 bridgehead atoms. The van der Waals surface area contributed by atoms with E-state index >= 15 is 0 Å². The molecule has 2 nitrogen and oxygen atoms in total. The van der Waals surface area contributed by atoms with Crippen molar-refractivity contribution in [3.05, 3.63) is 35.4 Å². The average Bonchev–Trinajstić information content (AvgIpc) is 2.46. The van der Waals surface area contributed by atoms with Gasteiger partial charge < -0.3 is 8.99 Å². The van der Waals surface area contributed by atoms with Gasteiger partial charge in [-0.1, -0.05) is 29.5 Å². The Balaban J connectivity index is 2.33. The van der Waals surface area contributed by atoms with E-state index in [1.54, 1.807) is 0 Å². The Bertz CT molecular complexity index is 338. The topological polar surface area (TPSA) is 40.9 Å². The average molecular weight is 180 g/mol. The molecule has 1 aromatic carbocycles. The molecule has 1 aliphatic rings. The first-order chi connectivity index (χ1) is 5.77. The molecule has 0 spiro atoms. The van der Waals surface area contributed by atoms with Crippen LogP contribution in [0.15, 0.2) is 24.3 Å². The van der Waals surface area contributed by atoms with E-state index in [0.29, 0.717) is 0 Å². The Morgan fingerprint density at radius 1 is 1.25 bits per heavy atom. The van der Waals surface area contributed by atoms with Gasteiger partial charge in [0.15, 0.2) is 0 Å². The highest BCUT2D eigenvalue weighted by molar-refractivity contribution is 7.74. The Labute approximate surface area is 73.6 Å². The fraction of sp³-hybridized carbons (Fsp3) is 0.333. The van der Waals surface area contributed by atoms with Crippen LogP contribution in [0.25, 0.3) is 0 Å². The molecule has 1 aliphatic carbocycles. The minimum absolute atomic E-state index is 0.0300. The zero-order valence-corrected chi connectivity index (χ0v) is 7.43. The number of fused-ring (bicyclic) bond motifs is 1. The Morgan fingerprint density at radius 3 is 2.17 bits per heavy atom. The maximum atomic E-state index is 10.9. The Hall–Kier alpha value is -0.830. The second kappa shape index (κ2) is 2.90. The first-order valence-corrected chi connectivity index (χ1v) is 5.17. The van der Waals surface area contributed by atoms with Gasteiger partial charge in [0.05, 0.1) is 0 Å². The van der Waals surface area contributed by atoms with E-state index in [2.05, 4.69) is 12.1 Å². The molecule has 0 atom stereocenters. The molecule has 0 radical (unpaired) electrons. The molecule has 0 amide bonds. The van der Waals surface area contributed by atoms with Crippen molar-refractivity contribution in [2.75, 3.05) is 0 Å². The summed E-state index contributed by atoms with van der Waals surface area (Å²) in [7, 11) is -1.42. The van der Waals surface area contributed by atoms with Gasteiger partial charge in [0.1, 0.15) is 0 Å². The summed E-state index contributed by atoms with van der Waals surface area (Å²) in [5.41, 5.74) is 2.53. The molecule has 0 saturated heterocycles. The maximum absolute atomic E-state index is 10.9. The molecule has 12 heavy (non-hydrogen) atoms. The fourth-order valence-electron chi connectivity index (χ4n) is 1.67. The number of hydrogen-bond acceptors (Lipinski definition) is 3. The van der Waals surface area contributed by atoms with E-state index < -0.39 is 10.6 Å². The molecule has 0 saturated carbocycles. The predicted octanol–water partition coefficient (Wildman–Crippen LogP) is 1.88. The summed E-state index contributed by atoms with van der Waals surface area (Å²) in [5.74, 6) is 0. The van der Waals surface area contributed by atoms with Gasteiger partial charge in [-0.15, -0.1) is 0 Å². The van der Waals surface area contributed by atoms with Crippen molar-refractivity contribution in [2.24, 2.45) is 0 Å². The summed E-state index contributed by atoms with van der Waals surface area (Å²) in [6, 6.07) is 8.10. The van der Waals surface area contributed by atoms with Crippen molar-refractivity contribution >= 4 is 10.6 Å². The molecule has 2 rings (SSSR count). The molecule has 0 fully saturated rings. The summed E-state index contributed by atoms with van der Waals surface area (Å²) in [6.07, 6.45) is 1.62. The van der Waals surface area contributed by atoms with E-state index in [1.165, 1.54) is 11.1 Å². The maximum Gasteiger partial charge on any atom is -0.0398 e. The lowest BCUT2D eigenvalue weighted by Gasteiger charge is -2.08. The van der Waals surface area contributed by atoms with Gasteiger partial charge in [0.2, 0.25) is 0 Å². The third-order valence-corrected chi connectivity index (χ3v) is 3.26. The summed E-state index contributed by atoms with van der Waals surface area (Å²) >= 11 is 0. The van der Waals surface area contributed by atoms with Crippen LogP contribution in [0.1, 0.15) is 11.1 Å². The highest BCUT2D eigenvalue weighted by Gasteiger charge is 2.15. The zero-order chi connectivity index (χ0) is 8.55. The highest BCUT2D eigenvalue weighted by atomic mass is 32.2. The van der Waals surface area contributed by atoms with E-state index in [1.807, 2.05) is 12.1 Å². The molecule has 64 valence electrons. The molecule has 0 heterocycles. The standard InChI is InChI=1S/C9H10NOS/c10-12(11)9-5-7-3-1-2-4-8(7)6-9/h1-4,9-10H,5-6H2/q-1. The van der Waals surface area contributed by atoms with Gasteiger partial charge in [-0.3, -0.25) is 0 Å². The lowest BCUT2D eigenvalue weighted by atomic mass is 10.1. The van der Waals surface area contributed by atoms with Crippen LogP contribution in [0.5, 0.6) is 0 Å². The van der Waals surface area contributed by atoms with Crippen LogP contribution in [-0.2, 0) is 27.6 Å². The van der Waals surface area contributed by atoms with Gasteiger partial charge in [0, 0.05) is 0 Å². The highest BCUT2D eigenvalue weighted by Crippen LogP contribution is 2.23. The Kier molecular flexibility index (Phi) is 1.89. The van der Waals surface area contributed by atoms with Crippen molar-refractivity contribution in [3.63, 3.8) is 0 Å². The van der Waals surface area contributed by atoms with E-state index in [9.17, 15) is 4.21 Å². The number of hydrogen-bond donors (Lipinski definition) is 1. The first-order valence-electron chi connectivity index (χ1n) is 3.96. The summed E-state index contributed by atoms with van der Waals surface area (Å²) < 4.78 is 18.0.